The van der Waals surface area contributed by atoms with E-state index in [1.165, 1.54) is 16.7 Å². The van der Waals surface area contributed by atoms with Crippen molar-refractivity contribution < 1.29 is 4.79 Å². The van der Waals surface area contributed by atoms with Crippen LogP contribution in [0.2, 0.25) is 0 Å². The zero-order valence-electron chi connectivity index (χ0n) is 11.8. The zero-order valence-corrected chi connectivity index (χ0v) is 12.6. The smallest absolute Gasteiger partial charge is 0.254 e. The van der Waals surface area contributed by atoms with Crippen LogP contribution in [-0.2, 0) is 19.6 Å². The van der Waals surface area contributed by atoms with Crippen LogP contribution in [-0.4, -0.2) is 29.8 Å². The number of hydrogen-bond acceptors (Lipinski definition) is 3. The lowest BCUT2D eigenvalue weighted by Gasteiger charge is -2.17. The molecule has 0 bridgehead atoms. The van der Waals surface area contributed by atoms with Gasteiger partial charge in [0.15, 0.2) is 0 Å². The molecular formula is C16H18N2OS. The largest absolute Gasteiger partial charge is 0.337 e. The van der Waals surface area contributed by atoms with Gasteiger partial charge in [-0.3, -0.25) is 9.69 Å². The lowest BCUT2D eigenvalue weighted by Crippen LogP contribution is -2.25. The fourth-order valence-electron chi connectivity index (χ4n) is 2.67. The van der Waals surface area contributed by atoms with E-state index in [2.05, 4.69) is 30.1 Å². The van der Waals surface area contributed by atoms with Gasteiger partial charge in [0.25, 0.3) is 5.91 Å². The Labute approximate surface area is 123 Å². The second-order valence-corrected chi connectivity index (χ2v) is 6.23. The summed E-state index contributed by atoms with van der Waals surface area (Å²) in [6, 6.07) is 8.43. The van der Waals surface area contributed by atoms with E-state index in [1.54, 1.807) is 16.2 Å². The molecule has 2 aromatic rings. The van der Waals surface area contributed by atoms with E-state index >= 15 is 0 Å². The van der Waals surface area contributed by atoms with Gasteiger partial charge in [-0.15, -0.1) is 0 Å². The van der Waals surface area contributed by atoms with Gasteiger partial charge < -0.3 is 4.90 Å². The van der Waals surface area contributed by atoms with Gasteiger partial charge in [-0.05, 0) is 35.2 Å². The van der Waals surface area contributed by atoms with Crippen LogP contribution >= 0.6 is 11.3 Å². The molecule has 20 heavy (non-hydrogen) atoms. The van der Waals surface area contributed by atoms with Crippen molar-refractivity contribution in [2.45, 2.75) is 19.6 Å². The lowest BCUT2D eigenvalue weighted by atomic mass is 10.1. The van der Waals surface area contributed by atoms with Crippen molar-refractivity contribution in [1.29, 1.82) is 0 Å². The summed E-state index contributed by atoms with van der Waals surface area (Å²) in [4.78, 5) is 16.3. The van der Waals surface area contributed by atoms with Crippen molar-refractivity contribution in [3.63, 3.8) is 0 Å². The van der Waals surface area contributed by atoms with E-state index in [1.807, 2.05) is 23.9 Å². The van der Waals surface area contributed by atoms with Crippen LogP contribution in [0.5, 0.6) is 0 Å². The number of thiophene rings is 1. The number of hydrogen-bond donors (Lipinski definition) is 0. The minimum atomic E-state index is 0.0869. The van der Waals surface area contributed by atoms with Gasteiger partial charge >= 0.3 is 0 Å². The number of amides is 1. The molecule has 3 rings (SSSR count). The SMILES string of the molecule is CN1Cc2ccc(CN(C)C(=O)c3ccsc3)cc2C1. The molecule has 0 atom stereocenters. The molecule has 0 unspecified atom stereocenters. The number of carbonyl (C=O) groups excluding carboxylic acids is 1. The Morgan fingerprint density at radius 2 is 2.10 bits per heavy atom. The molecule has 0 spiro atoms. The van der Waals surface area contributed by atoms with Crippen LogP contribution in [0, 0.1) is 0 Å². The van der Waals surface area contributed by atoms with Crippen molar-refractivity contribution in [2.24, 2.45) is 0 Å². The van der Waals surface area contributed by atoms with E-state index in [0.29, 0.717) is 6.54 Å². The van der Waals surface area contributed by atoms with Gasteiger partial charge in [0, 0.05) is 32.1 Å². The Hall–Kier alpha value is -1.65. The van der Waals surface area contributed by atoms with E-state index in [4.69, 9.17) is 0 Å². The van der Waals surface area contributed by atoms with Gasteiger partial charge in [-0.25, -0.2) is 0 Å². The van der Waals surface area contributed by atoms with E-state index in [9.17, 15) is 4.79 Å². The first-order valence-corrected chi connectivity index (χ1v) is 7.64. The van der Waals surface area contributed by atoms with Crippen molar-refractivity contribution in [1.82, 2.24) is 9.80 Å². The predicted molar refractivity (Wildman–Crippen MR) is 81.7 cm³/mol. The first kappa shape index (κ1) is 13.3. The van der Waals surface area contributed by atoms with Gasteiger partial charge in [0.1, 0.15) is 0 Å². The first-order valence-electron chi connectivity index (χ1n) is 6.70. The summed E-state index contributed by atoms with van der Waals surface area (Å²) in [6.45, 7) is 2.69. The normalized spacial score (nSPS) is 14.3. The molecule has 104 valence electrons. The minimum absolute atomic E-state index is 0.0869. The summed E-state index contributed by atoms with van der Waals surface area (Å²) >= 11 is 1.56. The highest BCUT2D eigenvalue weighted by Gasteiger charge is 2.17. The highest BCUT2D eigenvalue weighted by Crippen LogP contribution is 2.23. The number of rotatable bonds is 3. The number of benzene rings is 1. The van der Waals surface area contributed by atoms with E-state index in [-0.39, 0.29) is 5.91 Å². The van der Waals surface area contributed by atoms with Gasteiger partial charge in [0.2, 0.25) is 0 Å². The molecule has 2 heterocycles. The van der Waals surface area contributed by atoms with Gasteiger partial charge in [-0.2, -0.15) is 11.3 Å². The average Bonchev–Trinajstić information content (AvgIpc) is 3.05. The maximum absolute atomic E-state index is 12.2. The second-order valence-electron chi connectivity index (χ2n) is 5.45. The quantitative estimate of drug-likeness (QED) is 0.866. The van der Waals surface area contributed by atoms with Gasteiger partial charge in [-0.1, -0.05) is 18.2 Å². The van der Waals surface area contributed by atoms with Crippen LogP contribution in [0.1, 0.15) is 27.0 Å². The predicted octanol–water partition coefficient (Wildman–Crippen LogP) is 2.97. The Bertz CT molecular complexity index is 621. The Morgan fingerprint density at radius 1 is 1.30 bits per heavy atom. The molecule has 0 saturated heterocycles. The summed E-state index contributed by atoms with van der Waals surface area (Å²) in [5.74, 6) is 0.0869. The van der Waals surface area contributed by atoms with Crippen LogP contribution in [0.3, 0.4) is 0 Å². The van der Waals surface area contributed by atoms with Crippen LogP contribution in [0.4, 0.5) is 0 Å². The summed E-state index contributed by atoms with van der Waals surface area (Å²) in [5, 5.41) is 3.84. The Morgan fingerprint density at radius 3 is 2.85 bits per heavy atom. The second kappa shape index (κ2) is 5.38. The molecule has 1 amide bonds. The molecule has 0 aliphatic carbocycles. The van der Waals surface area contributed by atoms with Crippen molar-refractivity contribution >= 4 is 17.2 Å². The summed E-state index contributed by atoms with van der Waals surface area (Å²) in [7, 11) is 3.99. The molecule has 1 aliphatic heterocycles. The lowest BCUT2D eigenvalue weighted by molar-refractivity contribution is 0.0785. The third kappa shape index (κ3) is 2.62. The molecule has 0 N–H and O–H groups in total. The maximum Gasteiger partial charge on any atom is 0.254 e. The molecule has 1 aliphatic rings. The fourth-order valence-corrected chi connectivity index (χ4v) is 3.30. The standard InChI is InChI=1S/C16H18N2OS/c1-17-9-13-4-3-12(7-15(13)10-17)8-18(2)16(19)14-5-6-20-11-14/h3-7,11H,8-10H2,1-2H3. The van der Waals surface area contributed by atoms with Gasteiger partial charge in [0.05, 0.1) is 5.56 Å². The fraction of sp³-hybridized carbons (Fsp3) is 0.312. The Balaban J connectivity index is 1.72. The minimum Gasteiger partial charge on any atom is -0.337 e. The zero-order chi connectivity index (χ0) is 14.1. The molecule has 4 heteroatoms. The number of nitrogens with zero attached hydrogens (tertiary/aromatic N) is 2. The first-order chi connectivity index (χ1) is 9.63. The molecular weight excluding hydrogens is 268 g/mol. The van der Waals surface area contributed by atoms with Crippen LogP contribution in [0.15, 0.2) is 35.0 Å². The highest BCUT2D eigenvalue weighted by molar-refractivity contribution is 7.08. The average molecular weight is 286 g/mol. The van der Waals surface area contributed by atoms with Crippen LogP contribution < -0.4 is 0 Å². The number of fused-ring (bicyclic) bond motifs is 1. The summed E-state index contributed by atoms with van der Waals surface area (Å²) in [6.07, 6.45) is 0. The highest BCUT2D eigenvalue weighted by atomic mass is 32.1. The molecule has 3 nitrogen and oxygen atoms in total. The van der Waals surface area contributed by atoms with E-state index < -0.39 is 0 Å². The third-order valence-corrected chi connectivity index (χ3v) is 4.37. The molecule has 0 saturated carbocycles. The van der Waals surface area contributed by atoms with Crippen LogP contribution in [0.25, 0.3) is 0 Å². The number of carbonyl (C=O) groups is 1. The monoisotopic (exact) mass is 286 g/mol. The topological polar surface area (TPSA) is 23.6 Å². The van der Waals surface area contributed by atoms with E-state index in [0.717, 1.165) is 18.7 Å². The van der Waals surface area contributed by atoms with Crippen molar-refractivity contribution in [2.75, 3.05) is 14.1 Å². The third-order valence-electron chi connectivity index (χ3n) is 3.69. The molecule has 1 aromatic carbocycles. The Kier molecular flexibility index (Phi) is 3.59. The summed E-state index contributed by atoms with van der Waals surface area (Å²) in [5.41, 5.74) is 4.77. The molecule has 0 radical (unpaired) electrons. The molecule has 1 aromatic heterocycles. The maximum atomic E-state index is 12.2. The van der Waals surface area contributed by atoms with Crippen molar-refractivity contribution in [3.05, 3.63) is 57.3 Å². The summed E-state index contributed by atoms with van der Waals surface area (Å²) < 4.78 is 0. The van der Waals surface area contributed by atoms with Crippen molar-refractivity contribution in [3.8, 4) is 0 Å². The molecule has 0 fully saturated rings.